The van der Waals surface area contributed by atoms with Crippen LogP contribution in [0.25, 0.3) is 0 Å². The lowest BCUT2D eigenvalue weighted by atomic mass is 10.2. The summed E-state index contributed by atoms with van der Waals surface area (Å²) in [5.41, 5.74) is 3.14. The van der Waals surface area contributed by atoms with Crippen molar-refractivity contribution in [2.24, 2.45) is 0 Å². The van der Waals surface area contributed by atoms with Gasteiger partial charge in [0.15, 0.2) is 0 Å². The average Bonchev–Trinajstić information content (AvgIpc) is 3.21. The van der Waals surface area contributed by atoms with Crippen LogP contribution in [0.5, 0.6) is 0 Å². The topological polar surface area (TPSA) is 114 Å². The first-order valence-corrected chi connectivity index (χ1v) is 8.44. The summed E-state index contributed by atoms with van der Waals surface area (Å²) in [7, 11) is 0. The van der Waals surface area contributed by atoms with Crippen molar-refractivity contribution in [3.63, 3.8) is 0 Å². The second-order valence-corrected chi connectivity index (χ2v) is 5.98. The third-order valence-corrected chi connectivity index (χ3v) is 3.84. The summed E-state index contributed by atoms with van der Waals surface area (Å²) < 4.78 is 44.2. The molecule has 0 bridgehead atoms. The number of aryl methyl sites for hydroxylation is 1. The number of hydrogen-bond acceptors (Lipinski definition) is 7. The number of aromatic nitrogens is 3. The number of carboxylic acids is 1. The van der Waals surface area contributed by atoms with Crippen LogP contribution in [0.4, 0.5) is 13.2 Å². The molecular formula is C16H21F3N4O5. The molecule has 0 radical (unpaired) electrons. The summed E-state index contributed by atoms with van der Waals surface area (Å²) in [6, 6.07) is 1.99. The van der Waals surface area contributed by atoms with Gasteiger partial charge in [0.05, 0.1) is 38.0 Å². The Morgan fingerprint density at radius 1 is 1.36 bits per heavy atom. The van der Waals surface area contributed by atoms with Crippen molar-refractivity contribution in [3.8, 4) is 0 Å². The van der Waals surface area contributed by atoms with Crippen molar-refractivity contribution >= 4 is 5.97 Å². The summed E-state index contributed by atoms with van der Waals surface area (Å²) in [4.78, 5) is 11.3. The highest BCUT2D eigenvalue weighted by Crippen LogP contribution is 2.17. The fourth-order valence-electron chi connectivity index (χ4n) is 2.58. The number of aliphatic hydroxyl groups is 1. The zero-order valence-electron chi connectivity index (χ0n) is 14.9. The van der Waals surface area contributed by atoms with Crippen LogP contribution in [-0.2, 0) is 35.8 Å². The number of ether oxygens (including phenoxy) is 1. The number of halogens is 3. The standard InChI is InChI=1S/C14H20N4O3.C2HF3O2/c19-5-7-21-11-13-14-9-17(8-12-2-6-20-10-12)3-1-4-18(14)16-15-13;3-2(4,5)1(6)7/h2,6,10,19H,1,3-5,7-9,11H2;(H,6,7). The first-order valence-electron chi connectivity index (χ1n) is 8.44. The van der Waals surface area contributed by atoms with E-state index in [4.69, 9.17) is 24.2 Å². The maximum absolute atomic E-state index is 10.6. The van der Waals surface area contributed by atoms with Crippen molar-refractivity contribution < 1.29 is 37.3 Å². The van der Waals surface area contributed by atoms with E-state index in [-0.39, 0.29) is 6.61 Å². The van der Waals surface area contributed by atoms with Crippen LogP contribution in [0.2, 0.25) is 0 Å². The number of carbonyl (C=O) groups is 1. The van der Waals surface area contributed by atoms with E-state index in [1.807, 2.05) is 10.7 Å². The van der Waals surface area contributed by atoms with Crippen molar-refractivity contribution in [1.29, 1.82) is 0 Å². The molecule has 1 aliphatic rings. The molecular weight excluding hydrogens is 385 g/mol. The van der Waals surface area contributed by atoms with Gasteiger partial charge in [0.25, 0.3) is 0 Å². The van der Waals surface area contributed by atoms with Crippen LogP contribution in [0.1, 0.15) is 23.4 Å². The van der Waals surface area contributed by atoms with Gasteiger partial charge in [-0.15, -0.1) is 5.10 Å². The molecule has 156 valence electrons. The Morgan fingerprint density at radius 2 is 2.11 bits per heavy atom. The van der Waals surface area contributed by atoms with Gasteiger partial charge in [0.2, 0.25) is 0 Å². The van der Waals surface area contributed by atoms with Gasteiger partial charge in [0, 0.05) is 31.7 Å². The Kier molecular flexibility index (Phi) is 7.96. The Balaban J connectivity index is 0.000000345. The fourth-order valence-corrected chi connectivity index (χ4v) is 2.58. The molecule has 0 aliphatic carbocycles. The maximum atomic E-state index is 10.6. The van der Waals surface area contributed by atoms with E-state index in [1.165, 1.54) is 5.56 Å². The van der Waals surface area contributed by atoms with Gasteiger partial charge in [-0.25, -0.2) is 9.48 Å². The van der Waals surface area contributed by atoms with Gasteiger partial charge in [-0.3, -0.25) is 4.90 Å². The molecule has 0 spiro atoms. The Hall–Kier alpha value is -2.44. The molecule has 0 aromatic carbocycles. The minimum atomic E-state index is -5.08. The van der Waals surface area contributed by atoms with E-state index >= 15 is 0 Å². The van der Waals surface area contributed by atoms with Crippen molar-refractivity contribution in [2.45, 2.75) is 38.8 Å². The van der Waals surface area contributed by atoms with E-state index < -0.39 is 12.1 Å². The van der Waals surface area contributed by atoms with Gasteiger partial charge in [0.1, 0.15) is 5.69 Å². The molecule has 28 heavy (non-hydrogen) atoms. The third-order valence-electron chi connectivity index (χ3n) is 3.84. The molecule has 0 saturated carbocycles. The average molecular weight is 406 g/mol. The molecule has 3 rings (SSSR count). The molecule has 2 aromatic heterocycles. The normalized spacial score (nSPS) is 14.7. The van der Waals surface area contributed by atoms with Crippen LogP contribution in [0.15, 0.2) is 23.0 Å². The van der Waals surface area contributed by atoms with Crippen LogP contribution < -0.4 is 0 Å². The largest absolute Gasteiger partial charge is 0.490 e. The molecule has 12 heteroatoms. The number of fused-ring (bicyclic) bond motifs is 1. The molecule has 0 atom stereocenters. The summed E-state index contributed by atoms with van der Waals surface area (Å²) in [6.07, 6.45) is -0.552. The van der Waals surface area contributed by atoms with Crippen LogP contribution in [0.3, 0.4) is 0 Å². The van der Waals surface area contributed by atoms with Gasteiger partial charge in [-0.2, -0.15) is 13.2 Å². The number of rotatable bonds is 6. The number of aliphatic carboxylic acids is 1. The first-order chi connectivity index (χ1) is 13.3. The number of hydrogen-bond donors (Lipinski definition) is 2. The second kappa shape index (κ2) is 10.2. The third kappa shape index (κ3) is 6.62. The molecule has 0 fully saturated rings. The number of alkyl halides is 3. The van der Waals surface area contributed by atoms with Crippen molar-refractivity contribution in [2.75, 3.05) is 19.8 Å². The summed E-state index contributed by atoms with van der Waals surface area (Å²) in [5.74, 6) is -2.76. The minimum Gasteiger partial charge on any atom is -0.475 e. The summed E-state index contributed by atoms with van der Waals surface area (Å²) >= 11 is 0. The zero-order chi connectivity index (χ0) is 20.6. The quantitative estimate of drug-likeness (QED) is 0.693. The number of aliphatic hydroxyl groups excluding tert-OH is 1. The van der Waals surface area contributed by atoms with Crippen LogP contribution >= 0.6 is 0 Å². The number of carboxylic acid groups (broad SMARTS) is 1. The molecule has 9 nitrogen and oxygen atoms in total. The van der Waals surface area contributed by atoms with Gasteiger partial charge >= 0.3 is 12.1 Å². The van der Waals surface area contributed by atoms with Gasteiger partial charge < -0.3 is 19.4 Å². The smallest absolute Gasteiger partial charge is 0.475 e. The molecule has 2 N–H and O–H groups in total. The molecule has 2 aromatic rings. The zero-order valence-corrected chi connectivity index (χ0v) is 14.9. The van der Waals surface area contributed by atoms with Crippen LogP contribution in [0, 0.1) is 0 Å². The molecule has 0 unspecified atom stereocenters. The van der Waals surface area contributed by atoms with E-state index in [2.05, 4.69) is 15.2 Å². The predicted octanol–water partition coefficient (Wildman–Crippen LogP) is 1.42. The highest BCUT2D eigenvalue weighted by molar-refractivity contribution is 5.73. The van der Waals surface area contributed by atoms with E-state index in [0.29, 0.717) is 13.2 Å². The number of nitrogens with zero attached hydrogens (tertiary/aromatic N) is 4. The second-order valence-electron chi connectivity index (χ2n) is 5.98. The maximum Gasteiger partial charge on any atom is 0.490 e. The predicted molar refractivity (Wildman–Crippen MR) is 87.9 cm³/mol. The number of furan rings is 1. The minimum absolute atomic E-state index is 0.0239. The summed E-state index contributed by atoms with van der Waals surface area (Å²) in [6.45, 7) is 4.31. The highest BCUT2D eigenvalue weighted by Gasteiger charge is 2.38. The Bertz CT molecular complexity index is 733. The van der Waals surface area contributed by atoms with Gasteiger partial charge in [-0.05, 0) is 12.5 Å². The SMILES string of the molecule is O=C(O)C(F)(F)F.OCCOCc1nnn2c1CN(Cc1ccoc1)CCC2. The lowest BCUT2D eigenvalue weighted by molar-refractivity contribution is -0.192. The van der Waals surface area contributed by atoms with E-state index in [0.717, 1.165) is 44.0 Å². The molecule has 0 saturated heterocycles. The molecule has 1 aliphatic heterocycles. The van der Waals surface area contributed by atoms with E-state index in [1.54, 1.807) is 12.5 Å². The molecule has 3 heterocycles. The van der Waals surface area contributed by atoms with Crippen molar-refractivity contribution in [3.05, 3.63) is 35.5 Å². The van der Waals surface area contributed by atoms with Gasteiger partial charge in [-0.1, -0.05) is 5.21 Å². The fraction of sp³-hybridized carbons (Fsp3) is 0.562. The lowest BCUT2D eigenvalue weighted by Crippen LogP contribution is -2.23. The Labute approximate surface area is 158 Å². The first kappa shape index (κ1) is 21.9. The molecule has 0 amide bonds. The monoisotopic (exact) mass is 406 g/mol. The Morgan fingerprint density at radius 3 is 2.71 bits per heavy atom. The highest BCUT2D eigenvalue weighted by atomic mass is 19.4. The summed E-state index contributed by atoms with van der Waals surface area (Å²) in [5, 5.41) is 24.3. The lowest BCUT2D eigenvalue weighted by Gasteiger charge is -2.18. The van der Waals surface area contributed by atoms with Crippen molar-refractivity contribution in [1.82, 2.24) is 19.9 Å². The van der Waals surface area contributed by atoms with E-state index in [9.17, 15) is 13.2 Å². The van der Waals surface area contributed by atoms with Crippen LogP contribution in [-0.4, -0.2) is 62.0 Å².